The Morgan fingerprint density at radius 1 is 1.46 bits per heavy atom. The van der Waals surface area contributed by atoms with E-state index >= 15 is 0 Å². The third-order valence-electron chi connectivity index (χ3n) is 2.55. The Morgan fingerprint density at radius 3 is 2.69 bits per heavy atom. The van der Waals surface area contributed by atoms with Gasteiger partial charge in [0.2, 0.25) is 0 Å². The summed E-state index contributed by atoms with van der Waals surface area (Å²) in [5.41, 5.74) is 5.82. The Hall–Kier alpha value is -1.10. The zero-order valence-electron chi connectivity index (χ0n) is 7.85. The molecule has 0 spiro atoms. The van der Waals surface area contributed by atoms with Crippen molar-refractivity contribution in [3.8, 4) is 0 Å². The zero-order valence-corrected chi connectivity index (χ0v) is 7.85. The number of aryl methyl sites for hydroxylation is 1. The van der Waals surface area contributed by atoms with Gasteiger partial charge in [0.25, 0.3) is 0 Å². The van der Waals surface area contributed by atoms with Gasteiger partial charge < -0.3 is 10.6 Å². The van der Waals surface area contributed by atoms with E-state index in [-0.39, 0.29) is 0 Å². The van der Waals surface area contributed by atoms with Gasteiger partial charge in [0.1, 0.15) is 5.82 Å². The Kier molecular flexibility index (Phi) is 2.18. The molecule has 0 unspecified atom stereocenters. The van der Waals surface area contributed by atoms with Gasteiger partial charge in [0, 0.05) is 26.2 Å². The van der Waals surface area contributed by atoms with Crippen LogP contribution in [0.15, 0.2) is 6.20 Å². The molecule has 0 aromatic carbocycles. The van der Waals surface area contributed by atoms with Gasteiger partial charge in [-0.3, -0.25) is 0 Å². The number of anilines is 1. The first-order valence-electron chi connectivity index (χ1n) is 4.62. The zero-order chi connectivity index (χ0) is 9.26. The monoisotopic (exact) mass is 181 g/mol. The third kappa shape index (κ3) is 1.65. The van der Waals surface area contributed by atoms with Gasteiger partial charge >= 0.3 is 0 Å². The molecule has 72 valence electrons. The lowest BCUT2D eigenvalue weighted by Gasteiger charge is -2.30. The van der Waals surface area contributed by atoms with Crippen LogP contribution in [0.4, 0.5) is 5.82 Å². The molecule has 0 saturated carbocycles. The van der Waals surface area contributed by atoms with Gasteiger partial charge in [-0.1, -0.05) is 5.21 Å². The van der Waals surface area contributed by atoms with Crippen molar-refractivity contribution in [3.63, 3.8) is 0 Å². The molecular formula is C8H15N5. The summed E-state index contributed by atoms with van der Waals surface area (Å²) in [7, 11) is 1.91. The molecule has 2 heterocycles. The lowest BCUT2D eigenvalue weighted by molar-refractivity contribution is 0.492. The van der Waals surface area contributed by atoms with E-state index in [9.17, 15) is 0 Å². The molecule has 5 nitrogen and oxygen atoms in total. The summed E-state index contributed by atoms with van der Waals surface area (Å²) < 4.78 is 1.80. The number of nitrogens with two attached hydrogens (primary N) is 1. The number of hydrogen-bond acceptors (Lipinski definition) is 4. The molecule has 1 aromatic rings. The van der Waals surface area contributed by atoms with E-state index in [2.05, 4.69) is 15.2 Å². The van der Waals surface area contributed by atoms with Crippen LogP contribution in [0.2, 0.25) is 0 Å². The fourth-order valence-electron chi connectivity index (χ4n) is 1.70. The van der Waals surface area contributed by atoms with Crippen LogP contribution in [0.1, 0.15) is 12.8 Å². The second-order valence-electron chi connectivity index (χ2n) is 3.54. The van der Waals surface area contributed by atoms with Gasteiger partial charge in [-0.15, -0.1) is 5.10 Å². The number of piperidine rings is 1. The largest absolute Gasteiger partial charge is 0.355 e. The lowest BCUT2D eigenvalue weighted by atomic mass is 10.1. The van der Waals surface area contributed by atoms with Crippen LogP contribution in [0, 0.1) is 0 Å². The maximum absolute atomic E-state index is 5.82. The molecule has 5 heteroatoms. The van der Waals surface area contributed by atoms with Crippen LogP contribution in [-0.4, -0.2) is 34.1 Å². The van der Waals surface area contributed by atoms with Crippen molar-refractivity contribution >= 4 is 5.82 Å². The normalized spacial score (nSPS) is 19.4. The first-order valence-corrected chi connectivity index (χ1v) is 4.62. The Balaban J connectivity index is 2.06. The molecule has 1 aliphatic rings. The summed E-state index contributed by atoms with van der Waals surface area (Å²) in [6.45, 7) is 2.03. The molecular weight excluding hydrogens is 166 g/mol. The SMILES string of the molecule is Cn1nncc1N1CCC(N)CC1. The minimum atomic E-state index is 0.373. The van der Waals surface area contributed by atoms with E-state index in [4.69, 9.17) is 5.73 Å². The molecule has 2 rings (SSSR count). The fourth-order valence-corrected chi connectivity index (χ4v) is 1.70. The number of hydrogen-bond donors (Lipinski definition) is 1. The predicted molar refractivity (Wildman–Crippen MR) is 50.4 cm³/mol. The molecule has 1 fully saturated rings. The average Bonchev–Trinajstić information content (AvgIpc) is 2.53. The van der Waals surface area contributed by atoms with Crippen LogP contribution < -0.4 is 10.6 Å². The van der Waals surface area contributed by atoms with E-state index < -0.39 is 0 Å². The van der Waals surface area contributed by atoms with Gasteiger partial charge in [-0.25, -0.2) is 4.68 Å². The lowest BCUT2D eigenvalue weighted by Crippen LogP contribution is -2.40. The standard InChI is InChI=1S/C8H15N5/c1-12-8(6-10-11-12)13-4-2-7(9)3-5-13/h6-7H,2-5,9H2,1H3. The summed E-state index contributed by atoms with van der Waals surface area (Å²) in [5, 5.41) is 7.76. The molecule has 2 N–H and O–H groups in total. The van der Waals surface area contributed by atoms with Crippen LogP contribution in [0.5, 0.6) is 0 Å². The second-order valence-corrected chi connectivity index (χ2v) is 3.54. The minimum absolute atomic E-state index is 0.373. The summed E-state index contributed by atoms with van der Waals surface area (Å²) >= 11 is 0. The smallest absolute Gasteiger partial charge is 0.147 e. The van der Waals surface area contributed by atoms with Crippen molar-refractivity contribution in [1.29, 1.82) is 0 Å². The van der Waals surface area contributed by atoms with Gasteiger partial charge in [0.15, 0.2) is 0 Å². The molecule has 0 radical (unpaired) electrons. The maximum atomic E-state index is 5.82. The highest BCUT2D eigenvalue weighted by Crippen LogP contribution is 2.16. The Bertz CT molecular complexity index is 274. The van der Waals surface area contributed by atoms with E-state index in [0.29, 0.717) is 6.04 Å². The molecule has 0 aliphatic carbocycles. The Labute approximate surface area is 77.5 Å². The quantitative estimate of drug-likeness (QED) is 0.648. The van der Waals surface area contributed by atoms with E-state index in [0.717, 1.165) is 31.7 Å². The molecule has 0 amide bonds. The maximum Gasteiger partial charge on any atom is 0.147 e. The summed E-state index contributed by atoms with van der Waals surface area (Å²) in [6.07, 6.45) is 3.92. The van der Waals surface area contributed by atoms with E-state index in [1.54, 1.807) is 10.9 Å². The van der Waals surface area contributed by atoms with Gasteiger partial charge in [-0.05, 0) is 12.8 Å². The fraction of sp³-hybridized carbons (Fsp3) is 0.750. The second kappa shape index (κ2) is 3.33. The molecule has 0 atom stereocenters. The van der Waals surface area contributed by atoms with Crippen LogP contribution in [0.3, 0.4) is 0 Å². The van der Waals surface area contributed by atoms with Crippen molar-refractivity contribution in [2.24, 2.45) is 12.8 Å². The van der Waals surface area contributed by atoms with Crippen molar-refractivity contribution < 1.29 is 0 Å². The number of nitrogens with zero attached hydrogens (tertiary/aromatic N) is 4. The summed E-state index contributed by atoms with van der Waals surface area (Å²) in [6, 6.07) is 0.373. The molecule has 1 saturated heterocycles. The number of aromatic nitrogens is 3. The van der Waals surface area contributed by atoms with Gasteiger partial charge in [0.05, 0.1) is 6.20 Å². The first kappa shape index (κ1) is 8.50. The van der Waals surface area contributed by atoms with Crippen molar-refractivity contribution in [3.05, 3.63) is 6.20 Å². The molecule has 0 bridgehead atoms. The van der Waals surface area contributed by atoms with Crippen LogP contribution >= 0.6 is 0 Å². The molecule has 1 aliphatic heterocycles. The number of rotatable bonds is 1. The highest BCUT2D eigenvalue weighted by molar-refractivity contribution is 5.36. The van der Waals surface area contributed by atoms with Crippen molar-refractivity contribution in [1.82, 2.24) is 15.0 Å². The average molecular weight is 181 g/mol. The predicted octanol–water partition coefficient (Wildman–Crippen LogP) is -0.257. The van der Waals surface area contributed by atoms with Crippen LogP contribution in [0.25, 0.3) is 0 Å². The van der Waals surface area contributed by atoms with Crippen molar-refractivity contribution in [2.75, 3.05) is 18.0 Å². The third-order valence-corrected chi connectivity index (χ3v) is 2.55. The van der Waals surface area contributed by atoms with Gasteiger partial charge in [-0.2, -0.15) is 0 Å². The van der Waals surface area contributed by atoms with E-state index in [1.807, 2.05) is 7.05 Å². The van der Waals surface area contributed by atoms with Crippen molar-refractivity contribution in [2.45, 2.75) is 18.9 Å². The Morgan fingerprint density at radius 2 is 2.15 bits per heavy atom. The first-order chi connectivity index (χ1) is 6.27. The highest BCUT2D eigenvalue weighted by atomic mass is 15.5. The summed E-state index contributed by atoms with van der Waals surface area (Å²) in [5.74, 6) is 1.09. The van der Waals surface area contributed by atoms with E-state index in [1.165, 1.54) is 0 Å². The topological polar surface area (TPSA) is 60.0 Å². The molecule has 1 aromatic heterocycles. The molecule has 13 heavy (non-hydrogen) atoms. The minimum Gasteiger partial charge on any atom is -0.355 e. The summed E-state index contributed by atoms with van der Waals surface area (Å²) in [4.78, 5) is 2.28. The van der Waals surface area contributed by atoms with Crippen LogP contribution in [-0.2, 0) is 7.05 Å². The highest BCUT2D eigenvalue weighted by Gasteiger charge is 2.18.